The topological polar surface area (TPSA) is 90.3 Å². The molecule has 2 rings (SSSR count). The second kappa shape index (κ2) is 15.6. The highest BCUT2D eigenvalue weighted by Gasteiger charge is 2.24. The average molecular weight is 539 g/mol. The molecule has 0 aromatic heterocycles. The Morgan fingerprint density at radius 2 is 1.21 bits per heavy atom. The smallest absolute Gasteiger partial charge is 0.257 e. The van der Waals surface area contributed by atoms with Crippen LogP contribution in [0.4, 0.5) is 0 Å². The minimum Gasteiger partial charge on any atom is -0.508 e. The van der Waals surface area contributed by atoms with Crippen LogP contribution in [0.3, 0.4) is 0 Å². The first kappa shape index (κ1) is 33.3. The first-order valence-electron chi connectivity index (χ1n) is 13.5. The zero-order valence-corrected chi connectivity index (χ0v) is 25.0. The Balaban J connectivity index is 0.000000391. The molecular weight excluding hydrogens is 492 g/mol. The molecule has 0 aliphatic rings. The van der Waals surface area contributed by atoms with Crippen LogP contribution in [0.25, 0.3) is 0 Å². The molecule has 0 saturated heterocycles. The Kier molecular flexibility index (Phi) is 13.3. The van der Waals surface area contributed by atoms with Crippen molar-refractivity contribution in [3.8, 4) is 17.2 Å². The van der Waals surface area contributed by atoms with E-state index in [9.17, 15) is 19.8 Å². The van der Waals surface area contributed by atoms with Crippen molar-refractivity contribution < 1.29 is 24.5 Å². The second-order valence-corrected chi connectivity index (χ2v) is 9.21. The van der Waals surface area contributed by atoms with Gasteiger partial charge in [0.25, 0.3) is 11.8 Å². The van der Waals surface area contributed by atoms with E-state index in [0.29, 0.717) is 61.5 Å². The van der Waals surface area contributed by atoms with Gasteiger partial charge in [-0.15, -0.1) is 13.2 Å². The Hall–Kier alpha value is -3.74. The third-order valence-electron chi connectivity index (χ3n) is 7.05. The van der Waals surface area contributed by atoms with Crippen molar-refractivity contribution in [1.82, 2.24) is 9.80 Å². The molecule has 0 heterocycles. The van der Waals surface area contributed by atoms with Crippen molar-refractivity contribution in [2.75, 3.05) is 33.3 Å². The zero-order chi connectivity index (χ0) is 29.9. The first-order chi connectivity index (χ1) is 18.5. The summed E-state index contributed by atoms with van der Waals surface area (Å²) >= 11 is 0. The van der Waals surface area contributed by atoms with E-state index in [2.05, 4.69) is 13.2 Å². The van der Waals surface area contributed by atoms with Gasteiger partial charge in [0.2, 0.25) is 0 Å². The monoisotopic (exact) mass is 538 g/mol. The molecule has 0 saturated carbocycles. The molecule has 0 aliphatic heterocycles. The molecule has 0 spiro atoms. The molecule has 7 nitrogen and oxygen atoms in total. The summed E-state index contributed by atoms with van der Waals surface area (Å²) < 4.78 is 5.45. The SMILES string of the molecule is C=CCc1c(C)c(C)cc(OC)c1C(=O)N(CC)CC.C=CCc1c(C)c(O)cc(O)c1C(=O)N(CC)CC. The van der Waals surface area contributed by atoms with Gasteiger partial charge < -0.3 is 24.7 Å². The number of methoxy groups -OCH3 is 1. The fraction of sp³-hybridized carbons (Fsp3) is 0.438. The molecule has 7 heteroatoms. The van der Waals surface area contributed by atoms with Gasteiger partial charge in [0, 0.05) is 32.2 Å². The normalized spacial score (nSPS) is 10.3. The highest BCUT2D eigenvalue weighted by atomic mass is 16.5. The number of nitrogens with zero attached hydrogens (tertiary/aromatic N) is 2. The van der Waals surface area contributed by atoms with Crippen molar-refractivity contribution in [2.24, 2.45) is 0 Å². The van der Waals surface area contributed by atoms with E-state index in [4.69, 9.17) is 4.74 Å². The molecule has 214 valence electrons. The van der Waals surface area contributed by atoms with Gasteiger partial charge in [-0.1, -0.05) is 12.2 Å². The number of phenols is 2. The number of carbonyl (C=O) groups is 2. The van der Waals surface area contributed by atoms with Crippen molar-refractivity contribution >= 4 is 11.8 Å². The van der Waals surface area contributed by atoms with E-state index < -0.39 is 0 Å². The number of allylic oxidation sites excluding steroid dienone is 2. The summed E-state index contributed by atoms with van der Waals surface area (Å²) in [6.07, 6.45) is 4.59. The molecule has 0 unspecified atom stereocenters. The highest BCUT2D eigenvalue weighted by Crippen LogP contribution is 2.33. The summed E-state index contributed by atoms with van der Waals surface area (Å²) in [6.45, 7) is 23.6. The lowest BCUT2D eigenvalue weighted by molar-refractivity contribution is 0.0760. The molecule has 39 heavy (non-hydrogen) atoms. The van der Waals surface area contributed by atoms with E-state index in [-0.39, 0.29) is 28.9 Å². The quantitative estimate of drug-likeness (QED) is 0.336. The standard InChI is InChI=1S/C17H25NO2.C15H21NO3/c1-7-10-14-13(5)12(4)11-15(20-6)16(14)17(19)18(8-2)9-3;1-5-8-11-10(4)12(17)9-13(18)14(11)15(19)16(6-2)7-3/h7,11H,1,8-10H2,2-6H3;5,9,17-18H,1,6-8H2,2-4H3. The number of aryl methyl sites for hydroxylation is 1. The molecule has 0 aliphatic carbocycles. The van der Waals surface area contributed by atoms with Crippen molar-refractivity contribution in [1.29, 1.82) is 0 Å². The van der Waals surface area contributed by atoms with Crippen LogP contribution in [0, 0.1) is 20.8 Å². The molecule has 2 aromatic carbocycles. The minimum atomic E-state index is -0.220. The van der Waals surface area contributed by atoms with E-state index in [1.54, 1.807) is 25.0 Å². The zero-order valence-electron chi connectivity index (χ0n) is 25.0. The molecule has 0 fully saturated rings. The van der Waals surface area contributed by atoms with Crippen LogP contribution in [0.5, 0.6) is 17.2 Å². The average Bonchev–Trinajstić information content (AvgIpc) is 2.91. The maximum absolute atomic E-state index is 12.8. The number of hydrogen-bond donors (Lipinski definition) is 2. The summed E-state index contributed by atoms with van der Waals surface area (Å²) in [5.41, 5.74) is 5.47. The van der Waals surface area contributed by atoms with Gasteiger partial charge in [-0.2, -0.15) is 0 Å². The fourth-order valence-corrected chi connectivity index (χ4v) is 4.53. The number of ether oxygens (including phenoxy) is 1. The molecule has 2 amide bonds. The van der Waals surface area contributed by atoms with Crippen LogP contribution in [-0.2, 0) is 12.8 Å². The number of amides is 2. The Morgan fingerprint density at radius 1 is 0.769 bits per heavy atom. The molecule has 0 radical (unpaired) electrons. The van der Waals surface area contributed by atoms with Crippen molar-refractivity contribution in [3.63, 3.8) is 0 Å². The first-order valence-corrected chi connectivity index (χ1v) is 13.5. The second-order valence-electron chi connectivity index (χ2n) is 9.21. The predicted octanol–water partition coefficient (Wildman–Crippen LogP) is 6.14. The predicted molar refractivity (Wildman–Crippen MR) is 159 cm³/mol. The van der Waals surface area contributed by atoms with Gasteiger partial charge in [0.05, 0.1) is 18.2 Å². The van der Waals surface area contributed by atoms with Gasteiger partial charge in [-0.25, -0.2) is 0 Å². The third-order valence-corrected chi connectivity index (χ3v) is 7.05. The Bertz CT molecular complexity index is 1180. The lowest BCUT2D eigenvalue weighted by Crippen LogP contribution is -2.31. The molecular formula is C32H46N2O5. The number of benzene rings is 2. The fourth-order valence-electron chi connectivity index (χ4n) is 4.53. The number of carbonyl (C=O) groups excluding carboxylic acids is 2. The lowest BCUT2D eigenvalue weighted by atomic mass is 9.93. The summed E-state index contributed by atoms with van der Waals surface area (Å²) in [5, 5.41) is 19.7. The van der Waals surface area contributed by atoms with Crippen molar-refractivity contribution in [3.05, 3.63) is 76.4 Å². The summed E-state index contributed by atoms with van der Waals surface area (Å²) in [4.78, 5) is 28.7. The highest BCUT2D eigenvalue weighted by molar-refractivity contribution is 5.99. The lowest BCUT2D eigenvalue weighted by Gasteiger charge is -2.23. The van der Waals surface area contributed by atoms with Gasteiger partial charge in [-0.05, 0) is 95.2 Å². The van der Waals surface area contributed by atoms with Crippen LogP contribution in [0.15, 0.2) is 37.4 Å². The van der Waals surface area contributed by atoms with Crippen LogP contribution in [0.2, 0.25) is 0 Å². The van der Waals surface area contributed by atoms with E-state index in [1.165, 1.54) is 6.07 Å². The van der Waals surface area contributed by atoms with E-state index in [0.717, 1.165) is 16.7 Å². The summed E-state index contributed by atoms with van der Waals surface area (Å²) in [5.74, 6) is 0.276. The maximum Gasteiger partial charge on any atom is 0.257 e. The van der Waals surface area contributed by atoms with Gasteiger partial charge in [0.15, 0.2) is 0 Å². The van der Waals surface area contributed by atoms with E-state index in [1.807, 2.05) is 58.6 Å². The largest absolute Gasteiger partial charge is 0.508 e. The number of phenolic OH excluding ortho intramolecular Hbond substituents is 2. The van der Waals surface area contributed by atoms with Crippen molar-refractivity contribution in [2.45, 2.75) is 61.3 Å². The van der Waals surface area contributed by atoms with Crippen LogP contribution < -0.4 is 4.74 Å². The number of rotatable bonds is 11. The third kappa shape index (κ3) is 7.65. The Labute approximate surface area is 234 Å². The van der Waals surface area contributed by atoms with Gasteiger partial charge in [-0.3, -0.25) is 9.59 Å². The molecule has 2 N–H and O–H groups in total. The van der Waals surface area contributed by atoms with Crippen LogP contribution in [-0.4, -0.2) is 65.1 Å². The summed E-state index contributed by atoms with van der Waals surface area (Å²) in [6, 6.07) is 3.16. The maximum atomic E-state index is 12.8. The minimum absolute atomic E-state index is 0.00885. The van der Waals surface area contributed by atoms with Gasteiger partial charge in [0.1, 0.15) is 17.2 Å². The number of aromatic hydroxyl groups is 2. The molecule has 0 bridgehead atoms. The molecule has 2 aromatic rings. The van der Waals surface area contributed by atoms with Crippen LogP contribution in [0.1, 0.15) is 76.2 Å². The Morgan fingerprint density at radius 3 is 1.62 bits per heavy atom. The van der Waals surface area contributed by atoms with Crippen LogP contribution >= 0.6 is 0 Å². The summed E-state index contributed by atoms with van der Waals surface area (Å²) in [7, 11) is 1.61. The van der Waals surface area contributed by atoms with E-state index >= 15 is 0 Å². The number of hydrogen-bond acceptors (Lipinski definition) is 5. The molecule has 0 atom stereocenters. The van der Waals surface area contributed by atoms with Gasteiger partial charge >= 0.3 is 0 Å².